The van der Waals surface area contributed by atoms with Crippen LogP contribution < -0.4 is 0 Å². The Morgan fingerprint density at radius 2 is 1.80 bits per heavy atom. The summed E-state index contributed by atoms with van der Waals surface area (Å²) in [6.07, 6.45) is 0. The van der Waals surface area contributed by atoms with Gasteiger partial charge in [-0.05, 0) is 20.8 Å². The first-order valence-electron chi connectivity index (χ1n) is 4.82. The maximum absolute atomic E-state index is 12.1. The summed E-state index contributed by atoms with van der Waals surface area (Å²) in [6.45, 7) is 6.09. The summed E-state index contributed by atoms with van der Waals surface area (Å²) in [7, 11) is -1.76. The van der Waals surface area contributed by atoms with Crippen molar-refractivity contribution < 1.29 is 13.2 Å². The van der Waals surface area contributed by atoms with Crippen molar-refractivity contribution in [3.8, 4) is 0 Å². The molecule has 0 N–H and O–H groups in total. The Kier molecular flexibility index (Phi) is 6.10. The van der Waals surface area contributed by atoms with Gasteiger partial charge in [0.25, 0.3) is 0 Å². The molecule has 0 spiro atoms. The third-order valence-corrected chi connectivity index (χ3v) is 4.75. The molecule has 0 saturated carbocycles. The van der Waals surface area contributed by atoms with E-state index in [9.17, 15) is 8.42 Å². The molecular formula is C9H20ClNO3S. The number of hydrogen-bond acceptors (Lipinski definition) is 3. The van der Waals surface area contributed by atoms with Gasteiger partial charge in [-0.15, -0.1) is 11.6 Å². The molecule has 0 rings (SSSR count). The standard InChI is InChI=1S/C9H20ClNO3S/c1-9(2,3)15(12,13)11(6-5-10)7-8-14-4/h5-8H2,1-4H3. The van der Waals surface area contributed by atoms with Gasteiger partial charge in [-0.2, -0.15) is 4.31 Å². The SMILES string of the molecule is COCCN(CCCl)S(=O)(=O)C(C)(C)C. The highest BCUT2D eigenvalue weighted by atomic mass is 35.5. The summed E-state index contributed by atoms with van der Waals surface area (Å²) in [6, 6.07) is 0. The largest absolute Gasteiger partial charge is 0.383 e. The van der Waals surface area contributed by atoms with Crippen molar-refractivity contribution in [3.63, 3.8) is 0 Å². The molecule has 0 aliphatic carbocycles. The van der Waals surface area contributed by atoms with Crippen LogP contribution in [-0.4, -0.2) is 50.2 Å². The van der Waals surface area contributed by atoms with E-state index in [1.54, 1.807) is 27.9 Å². The third-order valence-electron chi connectivity index (χ3n) is 1.99. The Hall–Kier alpha value is 0.160. The monoisotopic (exact) mass is 257 g/mol. The summed E-state index contributed by atoms with van der Waals surface area (Å²) in [5.74, 6) is 0.291. The Morgan fingerprint density at radius 3 is 2.13 bits per heavy atom. The lowest BCUT2D eigenvalue weighted by Crippen LogP contribution is -2.45. The lowest BCUT2D eigenvalue weighted by molar-refractivity contribution is 0.180. The van der Waals surface area contributed by atoms with Gasteiger partial charge >= 0.3 is 0 Å². The highest BCUT2D eigenvalue weighted by molar-refractivity contribution is 7.90. The molecule has 0 fully saturated rings. The van der Waals surface area contributed by atoms with Crippen LogP contribution in [0.1, 0.15) is 20.8 Å². The van der Waals surface area contributed by atoms with Crippen LogP contribution in [-0.2, 0) is 14.8 Å². The number of ether oxygens (including phenoxy) is 1. The Labute approximate surface area is 97.6 Å². The average molecular weight is 258 g/mol. The van der Waals surface area contributed by atoms with Crippen LogP contribution in [0.15, 0.2) is 0 Å². The fraction of sp³-hybridized carbons (Fsp3) is 1.00. The fourth-order valence-electron chi connectivity index (χ4n) is 1.03. The molecule has 0 unspecified atom stereocenters. The highest BCUT2D eigenvalue weighted by Crippen LogP contribution is 2.19. The van der Waals surface area contributed by atoms with Crippen LogP contribution in [0.2, 0.25) is 0 Å². The van der Waals surface area contributed by atoms with Crippen molar-refractivity contribution in [1.29, 1.82) is 0 Å². The van der Waals surface area contributed by atoms with Crippen molar-refractivity contribution in [2.45, 2.75) is 25.5 Å². The summed E-state index contributed by atoms with van der Waals surface area (Å²) in [5, 5.41) is 0. The predicted octanol–water partition coefficient (Wildman–Crippen LogP) is 1.30. The van der Waals surface area contributed by atoms with Gasteiger partial charge < -0.3 is 4.74 Å². The lowest BCUT2D eigenvalue weighted by Gasteiger charge is -2.29. The van der Waals surface area contributed by atoms with Crippen molar-refractivity contribution in [3.05, 3.63) is 0 Å². The quantitative estimate of drug-likeness (QED) is 0.674. The molecule has 4 nitrogen and oxygen atoms in total. The van der Waals surface area contributed by atoms with E-state index in [-0.39, 0.29) is 0 Å². The average Bonchev–Trinajstić information content (AvgIpc) is 2.10. The van der Waals surface area contributed by atoms with Gasteiger partial charge in [-0.3, -0.25) is 0 Å². The molecule has 0 radical (unpaired) electrons. The summed E-state index contributed by atoms with van der Waals surface area (Å²) in [4.78, 5) is 0. The van der Waals surface area contributed by atoms with E-state index in [1.165, 1.54) is 4.31 Å². The summed E-state index contributed by atoms with van der Waals surface area (Å²) < 4.78 is 29.6. The van der Waals surface area contributed by atoms with Gasteiger partial charge in [0.2, 0.25) is 10.0 Å². The maximum Gasteiger partial charge on any atom is 0.219 e. The van der Waals surface area contributed by atoms with Crippen molar-refractivity contribution in [2.24, 2.45) is 0 Å². The lowest BCUT2D eigenvalue weighted by atomic mass is 10.3. The minimum Gasteiger partial charge on any atom is -0.383 e. The van der Waals surface area contributed by atoms with Crippen LogP contribution in [0.5, 0.6) is 0 Å². The van der Waals surface area contributed by atoms with Crippen molar-refractivity contribution in [1.82, 2.24) is 4.31 Å². The summed E-state index contributed by atoms with van der Waals surface area (Å²) >= 11 is 5.58. The molecule has 6 heteroatoms. The zero-order valence-corrected chi connectivity index (χ0v) is 11.4. The molecule has 92 valence electrons. The van der Waals surface area contributed by atoms with Crippen LogP contribution >= 0.6 is 11.6 Å². The molecule has 0 aliphatic heterocycles. The van der Waals surface area contributed by atoms with E-state index < -0.39 is 14.8 Å². The summed E-state index contributed by atoms with van der Waals surface area (Å²) in [5.41, 5.74) is 0. The molecule has 0 bridgehead atoms. The molecule has 0 saturated heterocycles. The van der Waals surface area contributed by atoms with Gasteiger partial charge in [-0.1, -0.05) is 0 Å². The Balaban J connectivity index is 4.75. The molecular weight excluding hydrogens is 238 g/mol. The van der Waals surface area contributed by atoms with Crippen LogP contribution in [0.3, 0.4) is 0 Å². The second-order valence-electron chi connectivity index (χ2n) is 4.20. The maximum atomic E-state index is 12.1. The van der Waals surface area contributed by atoms with E-state index in [2.05, 4.69) is 0 Å². The molecule has 0 aromatic carbocycles. The van der Waals surface area contributed by atoms with Gasteiger partial charge in [0.1, 0.15) is 0 Å². The minimum atomic E-state index is -3.30. The first-order valence-corrected chi connectivity index (χ1v) is 6.79. The number of sulfonamides is 1. The van der Waals surface area contributed by atoms with E-state index in [1.807, 2.05) is 0 Å². The van der Waals surface area contributed by atoms with E-state index in [4.69, 9.17) is 16.3 Å². The molecule has 15 heavy (non-hydrogen) atoms. The Morgan fingerprint density at radius 1 is 1.27 bits per heavy atom. The third kappa shape index (κ3) is 4.26. The first kappa shape index (κ1) is 15.2. The van der Waals surface area contributed by atoms with Gasteiger partial charge in [0, 0.05) is 26.1 Å². The van der Waals surface area contributed by atoms with E-state index >= 15 is 0 Å². The van der Waals surface area contributed by atoms with Crippen molar-refractivity contribution in [2.75, 3.05) is 32.7 Å². The van der Waals surface area contributed by atoms with Gasteiger partial charge in [-0.25, -0.2) is 8.42 Å². The topological polar surface area (TPSA) is 46.6 Å². The first-order chi connectivity index (χ1) is 6.77. The van der Waals surface area contributed by atoms with Crippen molar-refractivity contribution >= 4 is 21.6 Å². The fourth-order valence-corrected chi connectivity index (χ4v) is 2.75. The zero-order valence-electron chi connectivity index (χ0n) is 9.79. The number of halogens is 1. The van der Waals surface area contributed by atoms with Gasteiger partial charge in [0.05, 0.1) is 11.4 Å². The molecule has 0 atom stereocenters. The van der Waals surface area contributed by atoms with Gasteiger partial charge in [0.15, 0.2) is 0 Å². The number of methoxy groups -OCH3 is 1. The molecule has 0 amide bonds. The van der Waals surface area contributed by atoms with Crippen LogP contribution in [0, 0.1) is 0 Å². The Bertz CT molecular complexity index is 272. The molecule has 0 aromatic rings. The smallest absolute Gasteiger partial charge is 0.219 e. The van der Waals surface area contributed by atoms with E-state index in [0.29, 0.717) is 25.6 Å². The molecule has 0 aliphatic rings. The highest BCUT2D eigenvalue weighted by Gasteiger charge is 2.34. The molecule has 0 aromatic heterocycles. The number of alkyl halides is 1. The number of nitrogens with zero attached hydrogens (tertiary/aromatic N) is 1. The second kappa shape index (κ2) is 6.03. The van der Waals surface area contributed by atoms with E-state index in [0.717, 1.165) is 0 Å². The van der Waals surface area contributed by atoms with Crippen LogP contribution in [0.25, 0.3) is 0 Å². The second-order valence-corrected chi connectivity index (χ2v) is 7.27. The number of hydrogen-bond donors (Lipinski definition) is 0. The zero-order chi connectivity index (χ0) is 12.1. The predicted molar refractivity (Wildman–Crippen MR) is 62.8 cm³/mol. The number of rotatable bonds is 6. The minimum absolute atomic E-state index is 0.291. The van der Waals surface area contributed by atoms with Crippen LogP contribution in [0.4, 0.5) is 0 Å². The normalized spacial score (nSPS) is 13.5. The molecule has 0 heterocycles.